The van der Waals surface area contributed by atoms with Crippen molar-refractivity contribution in [1.29, 1.82) is 5.26 Å². The molecule has 114 valence electrons. The molecule has 0 saturated carbocycles. The number of aliphatic hydroxyl groups is 1. The van der Waals surface area contributed by atoms with Gasteiger partial charge in [-0.3, -0.25) is 0 Å². The van der Waals surface area contributed by atoms with Crippen LogP contribution in [0.3, 0.4) is 0 Å². The van der Waals surface area contributed by atoms with Crippen molar-refractivity contribution in [2.24, 2.45) is 0 Å². The highest BCUT2D eigenvalue weighted by atomic mass is 32.2. The maximum absolute atomic E-state index is 10.4. The molecule has 1 unspecified atom stereocenters. The Hall–Kier alpha value is -1.22. The number of hydrogen-bond acceptors (Lipinski definition) is 5. The summed E-state index contributed by atoms with van der Waals surface area (Å²) in [5, 5.41) is 22.4. The lowest BCUT2D eigenvalue weighted by molar-refractivity contribution is 0.0320. The van der Waals surface area contributed by atoms with E-state index in [4.69, 9.17) is 10.00 Å². The van der Waals surface area contributed by atoms with Crippen LogP contribution in [0.5, 0.6) is 5.75 Å². The van der Waals surface area contributed by atoms with Crippen LogP contribution in [0.1, 0.15) is 25.3 Å². The molecule has 0 spiro atoms. The predicted octanol–water partition coefficient (Wildman–Crippen LogP) is 2.33. The van der Waals surface area contributed by atoms with E-state index in [-0.39, 0.29) is 0 Å². The zero-order chi connectivity index (χ0) is 15.1. The number of nitrogens with zero attached hydrogens (tertiary/aromatic N) is 1. The van der Waals surface area contributed by atoms with Crippen molar-refractivity contribution in [3.8, 4) is 11.8 Å². The lowest BCUT2D eigenvalue weighted by Gasteiger charge is -2.32. The van der Waals surface area contributed by atoms with Crippen molar-refractivity contribution in [3.05, 3.63) is 29.8 Å². The van der Waals surface area contributed by atoms with Gasteiger partial charge < -0.3 is 15.2 Å². The lowest BCUT2D eigenvalue weighted by Crippen LogP contribution is -2.43. The van der Waals surface area contributed by atoms with Gasteiger partial charge in [0.25, 0.3) is 0 Å². The van der Waals surface area contributed by atoms with Gasteiger partial charge in [-0.1, -0.05) is 12.1 Å². The van der Waals surface area contributed by atoms with Crippen molar-refractivity contribution in [3.63, 3.8) is 0 Å². The van der Waals surface area contributed by atoms with Crippen molar-refractivity contribution in [2.75, 3.05) is 18.1 Å². The van der Waals surface area contributed by atoms with Crippen LogP contribution in [-0.2, 0) is 6.54 Å². The van der Waals surface area contributed by atoms with Gasteiger partial charge in [-0.2, -0.15) is 17.0 Å². The zero-order valence-electron chi connectivity index (χ0n) is 12.3. The van der Waals surface area contributed by atoms with E-state index in [1.807, 2.05) is 42.1 Å². The van der Waals surface area contributed by atoms with Gasteiger partial charge in [-0.05, 0) is 49.0 Å². The van der Waals surface area contributed by atoms with Crippen LogP contribution in [0.25, 0.3) is 0 Å². The van der Waals surface area contributed by atoms with Crippen molar-refractivity contribution in [2.45, 2.75) is 38.0 Å². The van der Waals surface area contributed by atoms with Gasteiger partial charge in [-0.25, -0.2) is 0 Å². The quantitative estimate of drug-likeness (QED) is 0.844. The summed E-state index contributed by atoms with van der Waals surface area (Å²) in [6.07, 6.45) is 1.29. The molecule has 1 aliphatic rings. The first-order chi connectivity index (χ1) is 10.1. The van der Waals surface area contributed by atoms with Gasteiger partial charge in [0.15, 0.2) is 6.10 Å². The molecule has 1 heterocycles. The number of hydrogen-bond donors (Lipinski definition) is 2. The second-order valence-corrected chi connectivity index (χ2v) is 6.70. The van der Waals surface area contributed by atoms with Crippen LogP contribution in [0, 0.1) is 11.3 Å². The summed E-state index contributed by atoms with van der Waals surface area (Å²) in [4.78, 5) is 0. The number of thioether (sulfide) groups is 1. The fourth-order valence-corrected chi connectivity index (χ4v) is 3.54. The summed E-state index contributed by atoms with van der Waals surface area (Å²) >= 11 is 1.91. The molecular formula is C16H22N2O2S. The fraction of sp³-hybridized carbons (Fsp3) is 0.562. The van der Waals surface area contributed by atoms with Crippen LogP contribution >= 0.6 is 11.8 Å². The van der Waals surface area contributed by atoms with Gasteiger partial charge in [0, 0.05) is 13.1 Å². The summed E-state index contributed by atoms with van der Waals surface area (Å²) in [7, 11) is 0. The minimum absolute atomic E-state index is 0.438. The van der Waals surface area contributed by atoms with Gasteiger partial charge in [0.1, 0.15) is 11.8 Å². The molecule has 2 rings (SSSR count). The summed E-state index contributed by atoms with van der Waals surface area (Å²) < 4.78 is 5.41. The van der Waals surface area contributed by atoms with E-state index < -0.39 is 11.7 Å². The molecule has 5 heteroatoms. The Morgan fingerprint density at radius 3 is 2.67 bits per heavy atom. The third-order valence-corrected chi connectivity index (χ3v) is 4.61. The molecule has 0 aromatic heterocycles. The average molecular weight is 306 g/mol. The second kappa shape index (κ2) is 7.69. The van der Waals surface area contributed by atoms with Crippen LogP contribution in [-0.4, -0.2) is 34.9 Å². The Bertz CT molecular complexity index is 478. The number of benzene rings is 1. The number of ether oxygens (including phenoxy) is 1. The molecule has 2 N–H and O–H groups in total. The average Bonchev–Trinajstić information content (AvgIpc) is 2.49. The highest BCUT2D eigenvalue weighted by Crippen LogP contribution is 2.26. The van der Waals surface area contributed by atoms with Crippen molar-refractivity contribution in [1.82, 2.24) is 5.32 Å². The summed E-state index contributed by atoms with van der Waals surface area (Å²) in [5.74, 6) is 2.79. The Morgan fingerprint density at radius 1 is 1.38 bits per heavy atom. The predicted molar refractivity (Wildman–Crippen MR) is 85.4 cm³/mol. The van der Waals surface area contributed by atoms with E-state index >= 15 is 0 Å². The van der Waals surface area contributed by atoms with E-state index in [1.165, 1.54) is 0 Å². The molecule has 0 aliphatic carbocycles. The van der Waals surface area contributed by atoms with Gasteiger partial charge >= 0.3 is 0 Å². The third kappa shape index (κ3) is 5.24. The molecule has 1 fully saturated rings. The number of rotatable bonds is 6. The highest BCUT2D eigenvalue weighted by molar-refractivity contribution is 7.99. The van der Waals surface area contributed by atoms with Gasteiger partial charge in [-0.15, -0.1) is 0 Å². The Morgan fingerprint density at radius 2 is 2.05 bits per heavy atom. The Kier molecular flexibility index (Phi) is 5.92. The fourth-order valence-electron chi connectivity index (χ4n) is 2.28. The van der Waals surface area contributed by atoms with Gasteiger partial charge in [0.05, 0.1) is 5.60 Å². The maximum atomic E-state index is 10.4. The van der Waals surface area contributed by atoms with E-state index in [1.54, 1.807) is 6.92 Å². The van der Waals surface area contributed by atoms with Crippen LogP contribution < -0.4 is 10.1 Å². The van der Waals surface area contributed by atoms with Crippen LogP contribution in [0.4, 0.5) is 0 Å². The monoisotopic (exact) mass is 306 g/mol. The normalized spacial score (nSPS) is 18.7. The van der Waals surface area contributed by atoms with E-state index in [0.29, 0.717) is 12.3 Å². The molecular weight excluding hydrogens is 284 g/mol. The Labute approximate surface area is 130 Å². The van der Waals surface area contributed by atoms with Crippen molar-refractivity contribution >= 4 is 11.8 Å². The third-order valence-electron chi connectivity index (χ3n) is 3.62. The molecule has 1 saturated heterocycles. The van der Waals surface area contributed by atoms with Gasteiger partial charge in [0.2, 0.25) is 0 Å². The molecule has 0 radical (unpaired) electrons. The first-order valence-electron chi connectivity index (χ1n) is 7.27. The molecule has 1 aliphatic heterocycles. The van der Waals surface area contributed by atoms with Crippen LogP contribution in [0.15, 0.2) is 24.3 Å². The lowest BCUT2D eigenvalue weighted by atomic mass is 9.97. The minimum atomic E-state index is -0.545. The molecule has 1 aromatic carbocycles. The SMILES string of the molecule is CC(C#N)Oc1ccc(CNCC2(O)CCSCC2)cc1. The topological polar surface area (TPSA) is 65.3 Å². The number of nitriles is 1. The highest BCUT2D eigenvalue weighted by Gasteiger charge is 2.28. The van der Waals surface area contributed by atoms with Crippen LogP contribution in [0.2, 0.25) is 0 Å². The molecule has 0 amide bonds. The molecule has 0 bridgehead atoms. The first kappa shape index (κ1) is 16.2. The summed E-state index contributed by atoms with van der Waals surface area (Å²) in [6.45, 7) is 3.08. The molecule has 4 nitrogen and oxygen atoms in total. The minimum Gasteiger partial charge on any atom is -0.476 e. The summed E-state index contributed by atoms with van der Waals surface area (Å²) in [5.41, 5.74) is 0.594. The molecule has 1 aromatic rings. The zero-order valence-corrected chi connectivity index (χ0v) is 13.2. The van der Waals surface area contributed by atoms with E-state index in [2.05, 4.69) is 5.32 Å². The maximum Gasteiger partial charge on any atom is 0.181 e. The second-order valence-electron chi connectivity index (χ2n) is 5.47. The molecule has 21 heavy (non-hydrogen) atoms. The first-order valence-corrected chi connectivity index (χ1v) is 8.43. The Balaban J connectivity index is 1.77. The van der Waals surface area contributed by atoms with E-state index in [9.17, 15) is 5.11 Å². The number of nitrogens with one attached hydrogen (secondary N) is 1. The largest absolute Gasteiger partial charge is 0.476 e. The standard InChI is InChI=1S/C16H22N2O2S/c1-13(10-17)20-15-4-2-14(3-5-15)11-18-12-16(19)6-8-21-9-7-16/h2-5,13,18-19H,6-9,11-12H2,1H3. The smallest absolute Gasteiger partial charge is 0.181 e. The molecule has 1 atom stereocenters. The van der Waals surface area contributed by atoms with E-state index in [0.717, 1.165) is 36.5 Å². The summed E-state index contributed by atoms with van der Waals surface area (Å²) in [6, 6.07) is 9.74. The van der Waals surface area contributed by atoms with Crippen molar-refractivity contribution < 1.29 is 9.84 Å².